The highest BCUT2D eigenvalue weighted by Gasteiger charge is 2.22. The predicted octanol–water partition coefficient (Wildman–Crippen LogP) is 7.24. The minimum Gasteiger partial charge on any atom is -0.457 e. The summed E-state index contributed by atoms with van der Waals surface area (Å²) in [7, 11) is 2.05. The first-order valence-electron chi connectivity index (χ1n) is 15.7. The zero-order chi connectivity index (χ0) is 33.1. The molecule has 2 aromatic heterocycles. The molecule has 0 saturated carbocycles. The van der Waals surface area contributed by atoms with Gasteiger partial charge in [0.15, 0.2) is 0 Å². The van der Waals surface area contributed by atoms with Gasteiger partial charge in [0.2, 0.25) is 0 Å². The summed E-state index contributed by atoms with van der Waals surface area (Å²) in [4.78, 5) is 34.5. The molecular weight excluding hydrogens is 592 g/mol. The van der Waals surface area contributed by atoms with E-state index in [9.17, 15) is 9.59 Å². The highest BCUT2D eigenvalue weighted by Crippen LogP contribution is 2.35. The summed E-state index contributed by atoms with van der Waals surface area (Å²) in [5.74, 6) is 2.09. The second kappa shape index (κ2) is 13.1. The van der Waals surface area contributed by atoms with Crippen LogP contribution < -0.4 is 20.7 Å². The van der Waals surface area contributed by atoms with Crippen LogP contribution in [-0.2, 0) is 5.41 Å². The largest absolute Gasteiger partial charge is 0.457 e. The number of nitrogens with zero attached hydrogens (tertiary/aromatic N) is 5. The Balaban J connectivity index is 1.19. The summed E-state index contributed by atoms with van der Waals surface area (Å²) < 4.78 is 8.04. The van der Waals surface area contributed by atoms with Crippen LogP contribution >= 0.6 is 0 Å². The summed E-state index contributed by atoms with van der Waals surface area (Å²) in [6.45, 7) is 11.3. The lowest BCUT2D eigenvalue weighted by atomic mass is 9.92. The molecule has 0 spiro atoms. The van der Waals surface area contributed by atoms with Crippen molar-refractivity contribution in [1.29, 1.82) is 0 Å². The Morgan fingerprint density at radius 2 is 1.55 bits per heavy atom. The fraction of sp³-hybridized carbons (Fsp3) is 0.278. The van der Waals surface area contributed by atoms with E-state index >= 15 is 0 Å². The zero-order valence-electron chi connectivity index (χ0n) is 27.4. The summed E-state index contributed by atoms with van der Waals surface area (Å²) in [5, 5.41) is 15.3. The lowest BCUT2D eigenvalue weighted by molar-refractivity contribution is 0.164. The quantitative estimate of drug-likeness (QED) is 0.182. The normalized spacial score (nSPS) is 13.8. The lowest BCUT2D eigenvalue weighted by Crippen LogP contribution is -2.48. The van der Waals surface area contributed by atoms with Crippen molar-refractivity contribution in [2.45, 2.75) is 33.1 Å². The van der Waals surface area contributed by atoms with E-state index in [1.165, 1.54) is 0 Å². The maximum Gasteiger partial charge on any atom is 0.324 e. The molecular formula is C36H40N8O3. The average molecular weight is 633 g/mol. The molecule has 1 aliphatic heterocycles. The second-order valence-corrected chi connectivity index (χ2v) is 12.8. The van der Waals surface area contributed by atoms with Gasteiger partial charge in [0.05, 0.1) is 17.1 Å². The fourth-order valence-corrected chi connectivity index (χ4v) is 5.33. The van der Waals surface area contributed by atoms with Crippen LogP contribution in [0.4, 0.5) is 26.9 Å². The van der Waals surface area contributed by atoms with E-state index < -0.39 is 6.03 Å². The van der Waals surface area contributed by atoms with Crippen molar-refractivity contribution >= 4 is 40.2 Å². The van der Waals surface area contributed by atoms with Gasteiger partial charge in [-0.1, -0.05) is 62.7 Å². The van der Waals surface area contributed by atoms with Gasteiger partial charge in [-0.05, 0) is 44.3 Å². The van der Waals surface area contributed by atoms with Crippen LogP contribution in [0, 0.1) is 6.92 Å². The number of ether oxygens (including phenoxy) is 1. The third kappa shape index (κ3) is 7.36. The number of piperazine rings is 1. The van der Waals surface area contributed by atoms with E-state index in [0.717, 1.165) is 40.8 Å². The standard InChI is InChI=1S/C36H40N8O3/c1-24-10-12-25(13-11-24)44-33(23-31(41-44)36(2,3)4)40-34(45)38-29-14-15-30(28-9-7-6-8-27(28)29)47-26-16-17-37-32(22-26)39-35(46)43-20-18-42(5)19-21-43/h6-17,22-23H,18-21H2,1-5H3,(H,37,39,46)(H2,38,40,45). The number of anilines is 3. The number of hydrogen-bond acceptors (Lipinski definition) is 6. The number of benzene rings is 3. The van der Waals surface area contributed by atoms with Gasteiger partial charge < -0.3 is 19.9 Å². The first kappa shape index (κ1) is 31.6. The number of carbonyl (C=O) groups is 2. The number of urea groups is 2. The molecule has 0 unspecified atom stereocenters. The van der Waals surface area contributed by atoms with Gasteiger partial charge >= 0.3 is 12.1 Å². The number of carbonyl (C=O) groups excluding carboxylic acids is 2. The molecule has 11 nitrogen and oxygen atoms in total. The summed E-state index contributed by atoms with van der Waals surface area (Å²) in [6.07, 6.45) is 1.60. The third-order valence-electron chi connectivity index (χ3n) is 8.11. The Morgan fingerprint density at radius 3 is 2.28 bits per heavy atom. The Morgan fingerprint density at radius 1 is 0.830 bits per heavy atom. The van der Waals surface area contributed by atoms with Crippen LogP contribution in [0.25, 0.3) is 16.5 Å². The van der Waals surface area contributed by atoms with Crippen LogP contribution in [0.1, 0.15) is 32.0 Å². The Labute approximate surface area is 274 Å². The van der Waals surface area contributed by atoms with Crippen molar-refractivity contribution in [3.63, 3.8) is 0 Å². The number of fused-ring (bicyclic) bond motifs is 1. The Kier molecular flexibility index (Phi) is 8.82. The molecule has 0 aliphatic carbocycles. The van der Waals surface area contributed by atoms with Gasteiger partial charge in [-0.25, -0.2) is 19.3 Å². The van der Waals surface area contributed by atoms with Gasteiger partial charge in [0.25, 0.3) is 0 Å². The summed E-state index contributed by atoms with van der Waals surface area (Å²) in [6, 6.07) is 24.1. The van der Waals surface area contributed by atoms with E-state index in [4.69, 9.17) is 9.84 Å². The lowest BCUT2D eigenvalue weighted by Gasteiger charge is -2.32. The van der Waals surface area contributed by atoms with Gasteiger partial charge in [-0.3, -0.25) is 10.6 Å². The minimum atomic E-state index is -0.396. The molecule has 1 aliphatic rings. The zero-order valence-corrected chi connectivity index (χ0v) is 27.4. The molecule has 6 rings (SSSR count). The van der Waals surface area contributed by atoms with Crippen molar-refractivity contribution in [2.24, 2.45) is 0 Å². The molecule has 11 heteroatoms. The second-order valence-electron chi connectivity index (χ2n) is 12.8. The average Bonchev–Trinajstić information content (AvgIpc) is 3.47. The Hall–Kier alpha value is -5.42. The number of hydrogen-bond donors (Lipinski definition) is 3. The Bertz CT molecular complexity index is 1900. The molecule has 0 radical (unpaired) electrons. The molecule has 5 aromatic rings. The smallest absolute Gasteiger partial charge is 0.324 e. The molecule has 1 fully saturated rings. The highest BCUT2D eigenvalue weighted by atomic mass is 16.5. The van der Waals surface area contributed by atoms with Crippen LogP contribution in [0.3, 0.4) is 0 Å². The molecule has 3 aromatic carbocycles. The predicted molar refractivity (Wildman–Crippen MR) is 186 cm³/mol. The van der Waals surface area contributed by atoms with Crippen LogP contribution in [0.2, 0.25) is 0 Å². The maximum absolute atomic E-state index is 13.4. The number of likely N-dealkylation sites (N-methyl/N-ethyl adjacent to an activating group) is 1. The number of pyridine rings is 1. The monoisotopic (exact) mass is 632 g/mol. The molecule has 47 heavy (non-hydrogen) atoms. The fourth-order valence-electron chi connectivity index (χ4n) is 5.33. The van der Waals surface area contributed by atoms with Crippen molar-refractivity contribution < 1.29 is 14.3 Å². The first-order valence-corrected chi connectivity index (χ1v) is 15.7. The summed E-state index contributed by atoms with van der Waals surface area (Å²) >= 11 is 0. The van der Waals surface area contributed by atoms with Crippen molar-refractivity contribution in [1.82, 2.24) is 24.6 Å². The molecule has 0 atom stereocenters. The van der Waals surface area contributed by atoms with E-state index in [2.05, 4.69) is 46.6 Å². The molecule has 1 saturated heterocycles. The SMILES string of the molecule is Cc1ccc(-n2nc(C(C)(C)C)cc2NC(=O)Nc2ccc(Oc3ccnc(NC(=O)N4CCN(C)CC4)c3)c3ccccc23)cc1. The highest BCUT2D eigenvalue weighted by molar-refractivity contribution is 6.07. The topological polar surface area (TPSA) is 117 Å². The molecule has 4 amide bonds. The maximum atomic E-state index is 13.4. The number of amides is 4. The van der Waals surface area contributed by atoms with Crippen LogP contribution in [0.15, 0.2) is 85.1 Å². The molecule has 3 N–H and O–H groups in total. The minimum absolute atomic E-state index is 0.182. The third-order valence-corrected chi connectivity index (χ3v) is 8.11. The number of aryl methyl sites for hydroxylation is 1. The van der Waals surface area contributed by atoms with E-state index in [1.54, 1.807) is 27.9 Å². The molecule has 3 heterocycles. The molecule has 0 bridgehead atoms. The van der Waals surface area contributed by atoms with Crippen molar-refractivity contribution in [3.8, 4) is 17.2 Å². The van der Waals surface area contributed by atoms with E-state index in [0.29, 0.717) is 41.9 Å². The molecule has 242 valence electrons. The number of aromatic nitrogens is 3. The number of rotatable bonds is 6. The first-order chi connectivity index (χ1) is 22.5. The van der Waals surface area contributed by atoms with Crippen LogP contribution in [0.5, 0.6) is 11.5 Å². The van der Waals surface area contributed by atoms with Gasteiger partial charge in [-0.2, -0.15) is 5.10 Å². The van der Waals surface area contributed by atoms with Gasteiger partial charge in [-0.15, -0.1) is 0 Å². The van der Waals surface area contributed by atoms with E-state index in [1.807, 2.05) is 80.7 Å². The summed E-state index contributed by atoms with van der Waals surface area (Å²) in [5.41, 5.74) is 3.27. The van der Waals surface area contributed by atoms with Gasteiger partial charge in [0.1, 0.15) is 23.1 Å². The van der Waals surface area contributed by atoms with Crippen molar-refractivity contribution in [3.05, 3.63) is 96.3 Å². The van der Waals surface area contributed by atoms with Crippen LogP contribution in [-0.4, -0.2) is 69.9 Å². The van der Waals surface area contributed by atoms with Gasteiger partial charge in [0, 0.05) is 60.7 Å². The number of nitrogens with one attached hydrogen (secondary N) is 3. The van der Waals surface area contributed by atoms with E-state index in [-0.39, 0.29) is 11.4 Å². The van der Waals surface area contributed by atoms with Crippen molar-refractivity contribution in [2.75, 3.05) is 49.2 Å².